The van der Waals surface area contributed by atoms with Crippen molar-refractivity contribution in [2.24, 2.45) is 5.92 Å². The first kappa shape index (κ1) is 17.4. The number of halogens is 2. The van der Waals surface area contributed by atoms with Gasteiger partial charge in [0.1, 0.15) is 0 Å². The third kappa shape index (κ3) is 5.68. The van der Waals surface area contributed by atoms with E-state index in [0.29, 0.717) is 25.2 Å². The van der Waals surface area contributed by atoms with Crippen LogP contribution in [0.25, 0.3) is 0 Å². The number of carbonyl (C=O) groups excluding carboxylic acids is 1. The van der Waals surface area contributed by atoms with E-state index in [1.165, 1.54) is 7.11 Å². The van der Waals surface area contributed by atoms with Crippen LogP contribution in [0.3, 0.4) is 0 Å². The lowest BCUT2D eigenvalue weighted by molar-refractivity contribution is -0.142. The van der Waals surface area contributed by atoms with Crippen molar-refractivity contribution < 1.29 is 18.3 Å². The van der Waals surface area contributed by atoms with E-state index < -0.39 is 11.7 Å². The topological polar surface area (TPSA) is 29.5 Å². The Labute approximate surface area is 113 Å². The van der Waals surface area contributed by atoms with E-state index in [0.717, 1.165) is 6.08 Å². The minimum absolute atomic E-state index is 0.184. The number of nitrogens with zero attached hydrogens (tertiary/aromatic N) is 1. The highest BCUT2D eigenvalue weighted by Gasteiger charge is 2.29. The van der Waals surface area contributed by atoms with Crippen molar-refractivity contribution in [3.8, 4) is 0 Å². The third-order valence-corrected chi connectivity index (χ3v) is 2.60. The molecule has 1 heterocycles. The molecule has 0 aromatic rings. The molecule has 0 spiro atoms. The largest absolute Gasteiger partial charge is 0.469 e. The molecule has 0 saturated carbocycles. The molecule has 0 radical (unpaired) electrons. The molecule has 0 aliphatic carbocycles. The van der Waals surface area contributed by atoms with Gasteiger partial charge in [0.2, 0.25) is 0 Å². The minimum Gasteiger partial charge on any atom is -0.469 e. The van der Waals surface area contributed by atoms with Crippen molar-refractivity contribution in [1.82, 2.24) is 4.90 Å². The van der Waals surface area contributed by atoms with Crippen molar-refractivity contribution >= 4 is 5.97 Å². The fraction of sp³-hybridized carbons (Fsp3) is 0.500. The van der Waals surface area contributed by atoms with Gasteiger partial charge in [-0.05, 0) is 6.08 Å². The minimum atomic E-state index is -1.11. The first-order chi connectivity index (χ1) is 8.93. The van der Waals surface area contributed by atoms with Gasteiger partial charge in [0.15, 0.2) is 11.7 Å². The molecule has 108 valence electrons. The molecular formula is C14H21F2NO2. The van der Waals surface area contributed by atoms with Crippen molar-refractivity contribution in [2.45, 2.75) is 20.3 Å². The first-order valence-corrected chi connectivity index (χ1v) is 6.16. The normalized spacial score (nSPS) is 15.0. The predicted molar refractivity (Wildman–Crippen MR) is 71.6 cm³/mol. The molecule has 0 bridgehead atoms. The molecular weight excluding hydrogens is 252 g/mol. The Bertz CT molecular complexity index is 372. The number of carbonyl (C=O) groups is 1. The van der Waals surface area contributed by atoms with Crippen LogP contribution in [0, 0.1) is 5.92 Å². The van der Waals surface area contributed by atoms with E-state index in [2.05, 4.69) is 17.9 Å². The van der Waals surface area contributed by atoms with Crippen molar-refractivity contribution in [3.05, 3.63) is 36.6 Å². The summed E-state index contributed by atoms with van der Waals surface area (Å²) in [7, 11) is 1.34. The Morgan fingerprint density at radius 1 is 1.37 bits per heavy atom. The number of likely N-dealkylation sites (tertiary alicyclic amines) is 1. The molecule has 0 unspecified atom stereocenters. The van der Waals surface area contributed by atoms with Gasteiger partial charge in [0.25, 0.3) is 0 Å². The van der Waals surface area contributed by atoms with Crippen LogP contribution in [0.15, 0.2) is 36.6 Å². The lowest BCUT2D eigenvalue weighted by Crippen LogP contribution is -2.46. The molecule has 1 aliphatic rings. The Hall–Kier alpha value is -1.65. The SMILES string of the molecule is C=C(F)/C(F)=C\C(=C)N1CC(CC(=O)OC)C1.CC. The zero-order valence-corrected chi connectivity index (χ0v) is 11.7. The summed E-state index contributed by atoms with van der Waals surface area (Å²) < 4.78 is 29.8. The zero-order chi connectivity index (χ0) is 15.0. The molecule has 0 aromatic carbocycles. The molecule has 5 heteroatoms. The van der Waals surface area contributed by atoms with Crippen LogP contribution in [0.4, 0.5) is 8.78 Å². The Balaban J connectivity index is 0.00000154. The summed E-state index contributed by atoms with van der Waals surface area (Å²) in [6.07, 6.45) is 1.33. The maximum absolute atomic E-state index is 12.9. The smallest absolute Gasteiger partial charge is 0.305 e. The van der Waals surface area contributed by atoms with Gasteiger partial charge in [-0.25, -0.2) is 8.78 Å². The Kier molecular flexibility index (Phi) is 7.72. The molecule has 3 nitrogen and oxygen atoms in total. The lowest BCUT2D eigenvalue weighted by atomic mass is 9.96. The van der Waals surface area contributed by atoms with Gasteiger partial charge in [0.05, 0.1) is 13.5 Å². The van der Waals surface area contributed by atoms with Gasteiger partial charge in [-0.1, -0.05) is 27.0 Å². The van der Waals surface area contributed by atoms with E-state index in [9.17, 15) is 13.6 Å². The monoisotopic (exact) mass is 273 g/mol. The van der Waals surface area contributed by atoms with E-state index in [1.54, 1.807) is 4.90 Å². The molecule has 0 atom stereocenters. The summed E-state index contributed by atoms with van der Waals surface area (Å²) in [5.41, 5.74) is 0.377. The van der Waals surface area contributed by atoms with E-state index in [1.807, 2.05) is 13.8 Å². The fourth-order valence-corrected chi connectivity index (χ4v) is 1.57. The Morgan fingerprint density at radius 2 is 1.89 bits per heavy atom. The van der Waals surface area contributed by atoms with E-state index >= 15 is 0 Å². The van der Waals surface area contributed by atoms with Crippen LogP contribution in [0.5, 0.6) is 0 Å². The van der Waals surface area contributed by atoms with Crippen LogP contribution in [-0.2, 0) is 9.53 Å². The number of hydrogen-bond donors (Lipinski definition) is 0. The van der Waals surface area contributed by atoms with Crippen LogP contribution < -0.4 is 0 Å². The van der Waals surface area contributed by atoms with Crippen molar-refractivity contribution in [2.75, 3.05) is 20.2 Å². The molecule has 1 fully saturated rings. The number of hydrogen-bond acceptors (Lipinski definition) is 3. The second-order valence-corrected chi connectivity index (χ2v) is 3.94. The van der Waals surface area contributed by atoms with Gasteiger partial charge in [-0.15, -0.1) is 0 Å². The molecule has 1 aliphatic heterocycles. The van der Waals surface area contributed by atoms with Gasteiger partial charge in [-0.3, -0.25) is 4.79 Å². The second kappa shape index (κ2) is 8.45. The molecule has 0 aromatic heterocycles. The number of methoxy groups -OCH3 is 1. The fourth-order valence-electron chi connectivity index (χ4n) is 1.57. The van der Waals surface area contributed by atoms with Crippen molar-refractivity contribution in [3.63, 3.8) is 0 Å². The maximum Gasteiger partial charge on any atom is 0.305 e. The summed E-state index contributed by atoms with van der Waals surface area (Å²) in [6.45, 7) is 11.7. The molecule has 0 amide bonds. The van der Waals surface area contributed by atoms with Gasteiger partial charge in [0, 0.05) is 24.7 Å². The van der Waals surface area contributed by atoms with Crippen LogP contribution >= 0.6 is 0 Å². The standard InChI is InChI=1S/C12H15F2NO2.C2H6/c1-8(4-11(14)9(2)13)15-6-10(7-15)5-12(16)17-3;1-2/h4,10H,1-2,5-7H2,3H3;1-2H3/b11-4+;. The maximum atomic E-state index is 12.9. The molecule has 1 saturated heterocycles. The summed E-state index contributed by atoms with van der Waals surface area (Å²) in [4.78, 5) is 12.7. The highest BCUT2D eigenvalue weighted by Crippen LogP contribution is 2.25. The average Bonchev–Trinajstić information content (AvgIpc) is 2.34. The van der Waals surface area contributed by atoms with Gasteiger partial charge >= 0.3 is 5.97 Å². The van der Waals surface area contributed by atoms with E-state index in [4.69, 9.17) is 0 Å². The lowest BCUT2D eigenvalue weighted by Gasteiger charge is -2.40. The summed E-state index contributed by atoms with van der Waals surface area (Å²) in [5.74, 6) is -2.22. The van der Waals surface area contributed by atoms with E-state index in [-0.39, 0.29) is 11.9 Å². The number of esters is 1. The first-order valence-electron chi connectivity index (χ1n) is 6.16. The molecule has 0 N–H and O–H groups in total. The Morgan fingerprint density at radius 3 is 2.32 bits per heavy atom. The number of ether oxygens (including phenoxy) is 1. The number of allylic oxidation sites excluding steroid dienone is 3. The number of rotatable bonds is 5. The highest BCUT2D eigenvalue weighted by atomic mass is 19.2. The van der Waals surface area contributed by atoms with Crippen molar-refractivity contribution in [1.29, 1.82) is 0 Å². The molecule has 19 heavy (non-hydrogen) atoms. The quantitative estimate of drug-likeness (QED) is 0.568. The summed E-state index contributed by atoms with van der Waals surface area (Å²) >= 11 is 0. The summed E-state index contributed by atoms with van der Waals surface area (Å²) in [6, 6.07) is 0. The van der Waals surface area contributed by atoms with Crippen LogP contribution in [-0.4, -0.2) is 31.1 Å². The van der Waals surface area contributed by atoms with Gasteiger partial charge in [-0.2, -0.15) is 0 Å². The zero-order valence-electron chi connectivity index (χ0n) is 11.7. The second-order valence-electron chi connectivity index (χ2n) is 3.94. The average molecular weight is 273 g/mol. The molecule has 1 rings (SSSR count). The summed E-state index contributed by atoms with van der Waals surface area (Å²) in [5, 5.41) is 0. The van der Waals surface area contributed by atoms with Gasteiger partial charge < -0.3 is 9.64 Å². The third-order valence-electron chi connectivity index (χ3n) is 2.60. The predicted octanol–water partition coefficient (Wildman–Crippen LogP) is 3.36. The van der Waals surface area contributed by atoms with Crippen LogP contribution in [0.1, 0.15) is 20.3 Å². The van der Waals surface area contributed by atoms with Crippen LogP contribution in [0.2, 0.25) is 0 Å². The highest BCUT2D eigenvalue weighted by molar-refractivity contribution is 5.69.